The third-order valence-electron chi connectivity index (χ3n) is 4.58. The van der Waals surface area contributed by atoms with Gasteiger partial charge in [0.15, 0.2) is 5.96 Å². The van der Waals surface area contributed by atoms with Crippen molar-refractivity contribution in [1.82, 2.24) is 4.90 Å². The first-order valence-corrected chi connectivity index (χ1v) is 8.86. The molecule has 0 aromatic heterocycles. The molecule has 0 radical (unpaired) electrons. The van der Waals surface area contributed by atoms with Crippen LogP contribution in [0.15, 0.2) is 23.2 Å². The van der Waals surface area contributed by atoms with E-state index in [1.54, 1.807) is 6.07 Å². The lowest BCUT2D eigenvalue weighted by Gasteiger charge is -2.37. The number of halogens is 3. The molecule has 1 saturated heterocycles. The van der Waals surface area contributed by atoms with Crippen LogP contribution in [0.4, 0.5) is 0 Å². The molecule has 0 atom stereocenters. The van der Waals surface area contributed by atoms with E-state index in [4.69, 9.17) is 33.7 Å². The molecule has 4 nitrogen and oxygen atoms in total. The summed E-state index contributed by atoms with van der Waals surface area (Å²) in [6.07, 6.45) is 1.76. The van der Waals surface area contributed by atoms with Crippen LogP contribution < -0.4 is 5.73 Å². The summed E-state index contributed by atoms with van der Waals surface area (Å²) in [5.74, 6) is 0.589. The lowest BCUT2D eigenvalue weighted by Crippen LogP contribution is -2.41. The zero-order valence-electron chi connectivity index (χ0n) is 14.2. The maximum Gasteiger partial charge on any atom is 0.191 e. The Morgan fingerprint density at radius 1 is 1.25 bits per heavy atom. The van der Waals surface area contributed by atoms with Crippen molar-refractivity contribution in [3.8, 4) is 0 Å². The van der Waals surface area contributed by atoms with E-state index in [0.717, 1.165) is 31.5 Å². The van der Waals surface area contributed by atoms with Gasteiger partial charge in [0, 0.05) is 41.8 Å². The summed E-state index contributed by atoms with van der Waals surface area (Å²) in [5.41, 5.74) is 7.09. The van der Waals surface area contributed by atoms with E-state index in [1.807, 2.05) is 12.1 Å². The van der Waals surface area contributed by atoms with Crippen molar-refractivity contribution in [2.45, 2.75) is 32.1 Å². The number of nitrogens with two attached hydrogens (primary N) is 1. The number of benzene rings is 1. The largest absolute Gasteiger partial charge is 0.381 e. The summed E-state index contributed by atoms with van der Waals surface area (Å²) >= 11 is 12.5. The Bertz CT molecular complexity index is 559. The Labute approximate surface area is 171 Å². The monoisotopic (exact) mass is 485 g/mol. The van der Waals surface area contributed by atoms with Crippen LogP contribution in [-0.4, -0.2) is 43.7 Å². The van der Waals surface area contributed by atoms with Crippen molar-refractivity contribution >= 4 is 53.1 Å². The van der Waals surface area contributed by atoms with Gasteiger partial charge in [-0.15, -0.1) is 24.0 Å². The molecule has 2 rings (SSSR count). The molecular formula is C17H26Cl2IN3O. The highest BCUT2D eigenvalue weighted by Gasteiger charge is 2.36. The Kier molecular flexibility index (Phi) is 9.12. The van der Waals surface area contributed by atoms with Crippen LogP contribution in [0.3, 0.4) is 0 Å². The van der Waals surface area contributed by atoms with Crippen molar-refractivity contribution in [3.05, 3.63) is 33.8 Å². The maximum atomic E-state index is 6.47. The summed E-state index contributed by atoms with van der Waals surface area (Å²) in [5, 5.41) is 1.34. The van der Waals surface area contributed by atoms with Gasteiger partial charge in [0.05, 0.1) is 6.54 Å². The van der Waals surface area contributed by atoms with Crippen molar-refractivity contribution in [3.63, 3.8) is 0 Å². The minimum Gasteiger partial charge on any atom is -0.381 e. The SMILES string of the molecule is CCN(CC)C(N)=NCC1(c2ccc(Cl)cc2Cl)CCOCC1.I. The van der Waals surface area contributed by atoms with Crippen LogP contribution in [-0.2, 0) is 10.2 Å². The zero-order valence-corrected chi connectivity index (χ0v) is 18.1. The number of aliphatic imine (C=N–C) groups is 1. The second-order valence-corrected chi connectivity index (χ2v) is 6.71. The normalized spacial score (nSPS) is 17.2. The molecule has 1 aromatic carbocycles. The molecule has 2 N–H and O–H groups in total. The molecule has 0 saturated carbocycles. The molecule has 7 heteroatoms. The van der Waals surface area contributed by atoms with Crippen LogP contribution in [0.5, 0.6) is 0 Å². The molecule has 1 fully saturated rings. The second kappa shape index (κ2) is 10.0. The summed E-state index contributed by atoms with van der Waals surface area (Å²) in [6, 6.07) is 5.70. The van der Waals surface area contributed by atoms with Crippen molar-refractivity contribution in [2.24, 2.45) is 10.7 Å². The van der Waals surface area contributed by atoms with Crippen molar-refractivity contribution in [1.29, 1.82) is 0 Å². The minimum absolute atomic E-state index is 0. The standard InChI is InChI=1S/C17H25Cl2N3O.HI/c1-3-22(4-2)16(20)21-12-17(7-9-23-10-8-17)14-6-5-13(18)11-15(14)19;/h5-6,11H,3-4,7-10,12H2,1-2H3,(H2,20,21);1H. The molecule has 24 heavy (non-hydrogen) atoms. The first-order valence-electron chi connectivity index (χ1n) is 8.10. The smallest absolute Gasteiger partial charge is 0.191 e. The number of rotatable bonds is 5. The number of hydrogen-bond acceptors (Lipinski definition) is 2. The third kappa shape index (κ3) is 5.13. The summed E-state index contributed by atoms with van der Waals surface area (Å²) in [7, 11) is 0. The van der Waals surface area contributed by atoms with Gasteiger partial charge in [-0.3, -0.25) is 4.99 Å². The number of hydrogen-bond donors (Lipinski definition) is 1. The Hall–Kier alpha value is -0.240. The molecule has 0 amide bonds. The van der Waals surface area contributed by atoms with Gasteiger partial charge in [-0.1, -0.05) is 29.3 Å². The summed E-state index contributed by atoms with van der Waals surface area (Å²) in [4.78, 5) is 6.73. The predicted molar refractivity (Wildman–Crippen MR) is 113 cm³/mol. The van der Waals surface area contributed by atoms with Gasteiger partial charge < -0.3 is 15.4 Å². The Balaban J connectivity index is 0.00000288. The van der Waals surface area contributed by atoms with Crippen LogP contribution in [0.2, 0.25) is 10.0 Å². The lowest BCUT2D eigenvalue weighted by atomic mass is 9.74. The highest BCUT2D eigenvalue weighted by molar-refractivity contribution is 14.0. The number of ether oxygens (including phenoxy) is 1. The third-order valence-corrected chi connectivity index (χ3v) is 5.13. The summed E-state index contributed by atoms with van der Waals surface area (Å²) in [6.45, 7) is 7.88. The number of nitrogens with zero attached hydrogens (tertiary/aromatic N) is 2. The first kappa shape index (κ1) is 21.8. The Morgan fingerprint density at radius 3 is 2.42 bits per heavy atom. The highest BCUT2D eigenvalue weighted by Crippen LogP contribution is 2.39. The van der Waals surface area contributed by atoms with Gasteiger partial charge in [0.25, 0.3) is 0 Å². The quantitative estimate of drug-likeness (QED) is 0.384. The number of guanidine groups is 1. The molecule has 1 aliphatic heterocycles. The summed E-state index contributed by atoms with van der Waals surface area (Å²) < 4.78 is 5.55. The van der Waals surface area contributed by atoms with Crippen molar-refractivity contribution < 1.29 is 4.74 Å². The molecule has 1 heterocycles. The van der Waals surface area contributed by atoms with Crippen LogP contribution in [0, 0.1) is 0 Å². The van der Waals surface area contributed by atoms with E-state index < -0.39 is 0 Å². The highest BCUT2D eigenvalue weighted by atomic mass is 127. The lowest BCUT2D eigenvalue weighted by molar-refractivity contribution is 0.0531. The maximum absolute atomic E-state index is 6.47. The van der Waals surface area contributed by atoms with E-state index in [1.165, 1.54) is 0 Å². The molecule has 1 aliphatic rings. The fourth-order valence-corrected chi connectivity index (χ4v) is 3.68. The van der Waals surface area contributed by atoms with Gasteiger partial charge in [-0.25, -0.2) is 0 Å². The predicted octanol–water partition coefficient (Wildman–Crippen LogP) is 4.32. The van der Waals surface area contributed by atoms with Gasteiger partial charge in [-0.2, -0.15) is 0 Å². The first-order chi connectivity index (χ1) is 11.0. The molecule has 0 unspecified atom stereocenters. The molecule has 0 bridgehead atoms. The minimum atomic E-state index is -0.141. The van der Waals surface area contributed by atoms with E-state index in [0.29, 0.717) is 35.8 Å². The van der Waals surface area contributed by atoms with Crippen LogP contribution in [0.1, 0.15) is 32.3 Å². The fraction of sp³-hybridized carbons (Fsp3) is 0.588. The van der Waals surface area contributed by atoms with Crippen molar-refractivity contribution in [2.75, 3.05) is 32.8 Å². The zero-order chi connectivity index (χ0) is 16.9. The van der Waals surface area contributed by atoms with E-state index >= 15 is 0 Å². The topological polar surface area (TPSA) is 50.8 Å². The average molecular weight is 486 g/mol. The van der Waals surface area contributed by atoms with Crippen LogP contribution >= 0.6 is 47.2 Å². The molecule has 0 aliphatic carbocycles. The van der Waals surface area contributed by atoms with Gasteiger partial charge in [0.2, 0.25) is 0 Å². The van der Waals surface area contributed by atoms with E-state index in [9.17, 15) is 0 Å². The van der Waals surface area contributed by atoms with E-state index in [2.05, 4.69) is 23.7 Å². The molecule has 0 spiro atoms. The van der Waals surface area contributed by atoms with Gasteiger partial charge in [0.1, 0.15) is 0 Å². The van der Waals surface area contributed by atoms with Gasteiger partial charge in [-0.05, 0) is 44.4 Å². The fourth-order valence-electron chi connectivity index (χ4n) is 3.07. The molecule has 1 aromatic rings. The second-order valence-electron chi connectivity index (χ2n) is 5.86. The van der Waals surface area contributed by atoms with E-state index in [-0.39, 0.29) is 29.4 Å². The van der Waals surface area contributed by atoms with Gasteiger partial charge >= 0.3 is 0 Å². The molecule has 136 valence electrons. The molecular weight excluding hydrogens is 460 g/mol. The van der Waals surface area contributed by atoms with Crippen LogP contribution in [0.25, 0.3) is 0 Å². The Morgan fingerprint density at radius 2 is 1.88 bits per heavy atom. The average Bonchev–Trinajstić information content (AvgIpc) is 2.55.